The Morgan fingerprint density at radius 3 is 2.52 bits per heavy atom. The van der Waals surface area contributed by atoms with E-state index in [0.29, 0.717) is 42.7 Å². The smallest absolute Gasteiger partial charge is 0.193 e. The topological polar surface area (TPSA) is 86.1 Å². The van der Waals surface area contributed by atoms with Gasteiger partial charge in [0.1, 0.15) is 11.6 Å². The lowest BCUT2D eigenvalue weighted by Gasteiger charge is -2.47. The first kappa shape index (κ1) is 32.4. The molecule has 3 aromatic rings. The van der Waals surface area contributed by atoms with Crippen LogP contribution in [0.3, 0.4) is 0 Å². The molecule has 2 aromatic carbocycles. The van der Waals surface area contributed by atoms with E-state index >= 15 is 0 Å². The van der Waals surface area contributed by atoms with Gasteiger partial charge in [0, 0.05) is 55.5 Å². The number of allylic oxidation sites excluding steroid dienone is 2. The standard InChI is InChI=1S/C39H49N3O4/c1-28-7-6-18-38(2)35(17-19-39(38,45)27-41-21-23-42(24-22-41)36-8-4-5-20-40-36)33-16-10-29(25-31(43)13-9-28)26-34(33)37(44)30-11-14-32(46-3)15-12-30/h4-5,7-8,10-12,14-16,20,26,31,35,43,45H,6,9,13,17-19,21-25,27H2,1-3H3/t31-,35-,38-,39+/m0/s1. The lowest BCUT2D eigenvalue weighted by Crippen LogP contribution is -2.56. The van der Waals surface area contributed by atoms with E-state index in [1.165, 1.54) is 5.57 Å². The van der Waals surface area contributed by atoms with Gasteiger partial charge in [-0.1, -0.05) is 36.8 Å². The summed E-state index contributed by atoms with van der Waals surface area (Å²) in [5.41, 5.74) is 3.21. The number of rotatable bonds is 6. The highest BCUT2D eigenvalue weighted by molar-refractivity contribution is 6.10. The number of carbonyl (C=O) groups is 1. The van der Waals surface area contributed by atoms with Crippen molar-refractivity contribution in [3.05, 3.63) is 101 Å². The molecule has 2 N–H and O–H groups in total. The van der Waals surface area contributed by atoms with Crippen LogP contribution in [0.2, 0.25) is 0 Å². The number of aliphatic hydroxyl groups excluding tert-OH is 1. The summed E-state index contributed by atoms with van der Waals surface area (Å²) in [5, 5.41) is 23.6. The van der Waals surface area contributed by atoms with Gasteiger partial charge in [-0.3, -0.25) is 9.69 Å². The Bertz CT molecular complexity index is 1530. The first-order valence-electron chi connectivity index (χ1n) is 16.9. The third-order valence-corrected chi connectivity index (χ3v) is 11.1. The summed E-state index contributed by atoms with van der Waals surface area (Å²) in [5.74, 6) is 1.70. The molecule has 4 aliphatic rings. The number of hydrogen-bond donors (Lipinski definition) is 2. The first-order chi connectivity index (χ1) is 22.2. The number of anilines is 1. The summed E-state index contributed by atoms with van der Waals surface area (Å²) in [6.07, 6.45) is 8.87. The number of nitrogens with zero attached hydrogens (tertiary/aromatic N) is 3. The van der Waals surface area contributed by atoms with Gasteiger partial charge < -0.3 is 19.8 Å². The van der Waals surface area contributed by atoms with E-state index in [4.69, 9.17) is 4.74 Å². The fraction of sp³-hybridized carbons (Fsp3) is 0.487. The highest BCUT2D eigenvalue weighted by atomic mass is 16.5. The van der Waals surface area contributed by atoms with Gasteiger partial charge in [0.15, 0.2) is 5.78 Å². The highest BCUT2D eigenvalue weighted by Crippen LogP contribution is 2.59. The minimum Gasteiger partial charge on any atom is -0.497 e. The molecule has 0 amide bonds. The number of pyridine rings is 1. The zero-order valence-electron chi connectivity index (χ0n) is 27.6. The van der Waals surface area contributed by atoms with Crippen molar-refractivity contribution in [3.8, 4) is 5.75 Å². The molecule has 244 valence electrons. The lowest BCUT2D eigenvalue weighted by molar-refractivity contribution is -0.0841. The minimum absolute atomic E-state index is 0.0140. The number of ketones is 1. The van der Waals surface area contributed by atoms with Crippen molar-refractivity contribution >= 4 is 11.6 Å². The van der Waals surface area contributed by atoms with Gasteiger partial charge >= 0.3 is 0 Å². The molecular weight excluding hydrogens is 574 g/mol. The van der Waals surface area contributed by atoms with Gasteiger partial charge in [-0.15, -0.1) is 0 Å². The Hall–Kier alpha value is -3.52. The van der Waals surface area contributed by atoms with E-state index in [9.17, 15) is 15.0 Å². The fourth-order valence-corrected chi connectivity index (χ4v) is 8.14. The van der Waals surface area contributed by atoms with Crippen LogP contribution in [0, 0.1) is 5.41 Å². The first-order valence-corrected chi connectivity index (χ1v) is 16.9. The zero-order valence-corrected chi connectivity index (χ0v) is 27.6. The van der Waals surface area contributed by atoms with Crippen LogP contribution in [0.15, 0.2) is 78.5 Å². The Labute approximate surface area is 273 Å². The molecule has 46 heavy (non-hydrogen) atoms. The average molecular weight is 624 g/mol. The number of methoxy groups -OCH3 is 1. The van der Waals surface area contributed by atoms with Crippen LogP contribution in [0.5, 0.6) is 5.75 Å². The van der Waals surface area contributed by atoms with Crippen molar-refractivity contribution in [2.75, 3.05) is 44.7 Å². The molecule has 1 saturated heterocycles. The molecule has 1 aliphatic heterocycles. The van der Waals surface area contributed by atoms with Crippen molar-refractivity contribution in [1.29, 1.82) is 0 Å². The maximum absolute atomic E-state index is 14.2. The van der Waals surface area contributed by atoms with Crippen LogP contribution in [0.1, 0.15) is 85.3 Å². The molecular formula is C39H49N3O4. The second-order valence-corrected chi connectivity index (χ2v) is 14.0. The molecule has 0 unspecified atom stereocenters. The van der Waals surface area contributed by atoms with E-state index < -0.39 is 17.1 Å². The number of carbonyl (C=O) groups excluding carboxylic acids is 1. The number of ether oxygens (including phenoxy) is 1. The van der Waals surface area contributed by atoms with Crippen LogP contribution in [-0.2, 0) is 6.42 Å². The van der Waals surface area contributed by atoms with Crippen LogP contribution >= 0.6 is 0 Å². The number of hydrogen-bond acceptors (Lipinski definition) is 7. The summed E-state index contributed by atoms with van der Waals surface area (Å²) in [6, 6.07) is 19.6. The normalized spacial score (nSPS) is 27.5. The molecule has 0 spiro atoms. The monoisotopic (exact) mass is 623 g/mol. The summed E-state index contributed by atoms with van der Waals surface area (Å²) in [4.78, 5) is 23.5. The van der Waals surface area contributed by atoms with E-state index in [2.05, 4.69) is 52.9 Å². The van der Waals surface area contributed by atoms with Gasteiger partial charge in [-0.2, -0.15) is 0 Å². The molecule has 7 nitrogen and oxygen atoms in total. The third-order valence-electron chi connectivity index (χ3n) is 11.1. The highest BCUT2D eigenvalue weighted by Gasteiger charge is 2.57. The van der Waals surface area contributed by atoms with E-state index in [0.717, 1.165) is 68.8 Å². The maximum Gasteiger partial charge on any atom is 0.193 e. The number of β-amino-alcohol motifs (C(OH)–C–C–N with tert-alkyl or cyclic N) is 1. The van der Waals surface area contributed by atoms with Crippen LogP contribution in [0.4, 0.5) is 5.82 Å². The van der Waals surface area contributed by atoms with Crippen molar-refractivity contribution in [1.82, 2.24) is 9.88 Å². The molecule has 7 rings (SSSR count). The lowest BCUT2D eigenvalue weighted by atomic mass is 9.64. The number of piperazine rings is 1. The second-order valence-electron chi connectivity index (χ2n) is 14.0. The van der Waals surface area contributed by atoms with Crippen LogP contribution in [-0.4, -0.2) is 77.4 Å². The molecule has 1 saturated carbocycles. The van der Waals surface area contributed by atoms with Gasteiger partial charge in [-0.05, 0) is 111 Å². The minimum atomic E-state index is -0.904. The van der Waals surface area contributed by atoms with Crippen molar-refractivity contribution in [2.24, 2.45) is 5.41 Å². The van der Waals surface area contributed by atoms with Crippen LogP contribution in [0.25, 0.3) is 0 Å². The predicted molar refractivity (Wildman–Crippen MR) is 183 cm³/mol. The maximum atomic E-state index is 14.2. The second kappa shape index (κ2) is 13.7. The summed E-state index contributed by atoms with van der Waals surface area (Å²) < 4.78 is 5.35. The van der Waals surface area contributed by atoms with Crippen LogP contribution < -0.4 is 9.64 Å². The number of fused-ring (bicyclic) bond motifs is 8. The largest absolute Gasteiger partial charge is 0.497 e. The summed E-state index contributed by atoms with van der Waals surface area (Å²) >= 11 is 0. The molecule has 2 heterocycles. The van der Waals surface area contributed by atoms with E-state index in [1.807, 2.05) is 48.7 Å². The Morgan fingerprint density at radius 1 is 1.02 bits per heavy atom. The van der Waals surface area contributed by atoms with Gasteiger partial charge in [0.25, 0.3) is 0 Å². The van der Waals surface area contributed by atoms with Gasteiger partial charge in [-0.25, -0.2) is 4.98 Å². The third kappa shape index (κ3) is 6.64. The van der Waals surface area contributed by atoms with Crippen molar-refractivity contribution < 1.29 is 19.7 Å². The zero-order chi connectivity index (χ0) is 32.3. The quantitative estimate of drug-likeness (QED) is 0.251. The van der Waals surface area contributed by atoms with Gasteiger partial charge in [0.05, 0.1) is 18.8 Å². The van der Waals surface area contributed by atoms with Crippen molar-refractivity contribution in [3.63, 3.8) is 0 Å². The molecule has 3 aliphatic carbocycles. The number of aliphatic hydroxyl groups is 2. The summed E-state index contributed by atoms with van der Waals surface area (Å²) in [6.45, 7) is 8.54. The van der Waals surface area contributed by atoms with Crippen molar-refractivity contribution in [2.45, 2.75) is 76.4 Å². The molecule has 4 atom stereocenters. The van der Waals surface area contributed by atoms with E-state index in [1.54, 1.807) is 7.11 Å². The molecule has 0 radical (unpaired) electrons. The fourth-order valence-electron chi connectivity index (χ4n) is 8.14. The van der Waals surface area contributed by atoms with E-state index in [-0.39, 0.29) is 11.7 Å². The molecule has 2 bridgehead atoms. The molecule has 1 aromatic heterocycles. The Kier molecular flexibility index (Phi) is 9.64. The summed E-state index contributed by atoms with van der Waals surface area (Å²) in [7, 11) is 1.62. The Morgan fingerprint density at radius 2 is 1.80 bits per heavy atom. The van der Waals surface area contributed by atoms with Gasteiger partial charge in [0.2, 0.25) is 0 Å². The Balaban J connectivity index is 1.33. The predicted octanol–water partition coefficient (Wildman–Crippen LogP) is 6.18. The number of benzene rings is 2. The average Bonchev–Trinajstić information content (AvgIpc) is 3.32. The number of aromatic nitrogens is 1. The molecule has 2 fully saturated rings. The molecule has 7 heteroatoms. The SMILES string of the molecule is COc1ccc(C(=O)c2cc3ccc2[C@@H]2CC[C@@](O)(CN4CCN(c5ccccn5)CC4)[C@@]2(C)CCC=C(C)CC[C@H](O)C3)cc1.